The van der Waals surface area contributed by atoms with E-state index in [9.17, 15) is 17.6 Å². The largest absolute Gasteiger partial charge is 0.446 e. The molecule has 29 heavy (non-hydrogen) atoms. The van der Waals surface area contributed by atoms with Gasteiger partial charge in [-0.1, -0.05) is 16.9 Å². The summed E-state index contributed by atoms with van der Waals surface area (Å²) >= 11 is 4.29. The van der Waals surface area contributed by atoms with Crippen LogP contribution in [0.2, 0.25) is 0 Å². The number of hydrogen-bond donors (Lipinski definition) is 1. The summed E-state index contributed by atoms with van der Waals surface area (Å²) < 4.78 is 48.5. The molecule has 154 valence electrons. The lowest BCUT2D eigenvalue weighted by molar-refractivity contribution is 0.299. The highest BCUT2D eigenvalue weighted by Crippen LogP contribution is 2.34. The van der Waals surface area contributed by atoms with Crippen LogP contribution in [0.15, 0.2) is 41.6 Å². The summed E-state index contributed by atoms with van der Waals surface area (Å²) in [6.07, 6.45) is 0.546. The molecule has 0 amide bonds. The SMILES string of the molecule is NS(=O)(=O)N1CC[C@H](Sc2nonc2-c2noc(=O)n2-c2ccc(F)c(Br)c2)C1. The number of hydrogen-bond acceptors (Lipinski definition) is 9. The van der Waals surface area contributed by atoms with Gasteiger partial charge >= 0.3 is 5.76 Å². The van der Waals surface area contributed by atoms with Crippen LogP contribution < -0.4 is 10.9 Å². The number of benzene rings is 1. The molecule has 0 spiro atoms. The monoisotopic (exact) mass is 506 g/mol. The first-order valence-corrected chi connectivity index (χ1v) is 11.2. The molecule has 2 aromatic heterocycles. The zero-order chi connectivity index (χ0) is 20.8. The lowest BCUT2D eigenvalue weighted by Crippen LogP contribution is -2.35. The van der Waals surface area contributed by atoms with Crippen molar-refractivity contribution in [3.8, 4) is 17.2 Å². The van der Waals surface area contributed by atoms with Crippen molar-refractivity contribution in [2.75, 3.05) is 13.1 Å². The Bertz CT molecular complexity index is 1230. The van der Waals surface area contributed by atoms with Gasteiger partial charge in [-0.15, -0.1) is 0 Å². The molecule has 1 aliphatic heterocycles. The average molecular weight is 507 g/mol. The molecule has 0 aliphatic carbocycles. The second-order valence-corrected chi connectivity index (χ2v) is 9.75. The number of rotatable bonds is 5. The van der Waals surface area contributed by atoms with Crippen LogP contribution >= 0.6 is 27.7 Å². The van der Waals surface area contributed by atoms with Crippen molar-refractivity contribution in [1.82, 2.24) is 24.3 Å². The van der Waals surface area contributed by atoms with Crippen LogP contribution in [0, 0.1) is 5.82 Å². The van der Waals surface area contributed by atoms with E-state index in [1.54, 1.807) is 0 Å². The van der Waals surface area contributed by atoms with E-state index in [0.717, 1.165) is 4.57 Å². The molecule has 1 aromatic carbocycles. The Balaban J connectivity index is 1.66. The highest BCUT2D eigenvalue weighted by molar-refractivity contribution is 9.10. The van der Waals surface area contributed by atoms with Crippen LogP contribution in [0.4, 0.5) is 4.39 Å². The molecular formula is C14H12BrFN6O5S2. The van der Waals surface area contributed by atoms with Crippen molar-refractivity contribution < 1.29 is 22.0 Å². The third-order valence-corrected chi connectivity index (χ3v) is 7.05. The molecule has 11 nitrogen and oxygen atoms in total. The van der Waals surface area contributed by atoms with Gasteiger partial charge in [0, 0.05) is 18.3 Å². The molecule has 0 bridgehead atoms. The molecule has 0 unspecified atom stereocenters. The summed E-state index contributed by atoms with van der Waals surface area (Å²) in [7, 11) is -3.77. The van der Waals surface area contributed by atoms with Gasteiger partial charge in [0.1, 0.15) is 5.82 Å². The highest BCUT2D eigenvalue weighted by Gasteiger charge is 2.32. The van der Waals surface area contributed by atoms with Crippen molar-refractivity contribution in [2.45, 2.75) is 16.7 Å². The zero-order valence-corrected chi connectivity index (χ0v) is 17.6. The van der Waals surface area contributed by atoms with Gasteiger partial charge in [0.2, 0.25) is 5.82 Å². The molecule has 1 saturated heterocycles. The van der Waals surface area contributed by atoms with Crippen molar-refractivity contribution >= 4 is 37.9 Å². The maximum atomic E-state index is 13.6. The molecule has 2 N–H and O–H groups in total. The van der Waals surface area contributed by atoms with E-state index in [0.29, 0.717) is 17.1 Å². The van der Waals surface area contributed by atoms with E-state index in [2.05, 4.69) is 31.4 Å². The van der Waals surface area contributed by atoms with Crippen LogP contribution in [0.25, 0.3) is 17.2 Å². The van der Waals surface area contributed by atoms with Crippen molar-refractivity contribution in [2.24, 2.45) is 5.14 Å². The molecule has 15 heteroatoms. The lowest BCUT2D eigenvalue weighted by Gasteiger charge is -2.11. The Hall–Kier alpha value is -2.07. The minimum Gasteiger partial charge on any atom is -0.295 e. The normalized spacial score (nSPS) is 17.8. The Morgan fingerprint density at radius 1 is 1.31 bits per heavy atom. The van der Waals surface area contributed by atoms with E-state index >= 15 is 0 Å². The van der Waals surface area contributed by atoms with Gasteiger partial charge in [0.05, 0.1) is 10.2 Å². The van der Waals surface area contributed by atoms with E-state index in [-0.39, 0.29) is 34.3 Å². The van der Waals surface area contributed by atoms with Gasteiger partial charge in [-0.05, 0) is 50.9 Å². The van der Waals surface area contributed by atoms with Gasteiger partial charge in [-0.3, -0.25) is 4.52 Å². The molecule has 1 fully saturated rings. The number of aromatic nitrogens is 4. The van der Waals surface area contributed by atoms with Crippen LogP contribution in [0.1, 0.15) is 6.42 Å². The summed E-state index contributed by atoms with van der Waals surface area (Å²) in [6.45, 7) is 0.488. The van der Waals surface area contributed by atoms with Crippen LogP contribution in [-0.2, 0) is 10.2 Å². The van der Waals surface area contributed by atoms with Gasteiger partial charge in [0.25, 0.3) is 10.2 Å². The summed E-state index contributed by atoms with van der Waals surface area (Å²) in [5.41, 5.74) is 0.426. The first-order valence-electron chi connectivity index (χ1n) is 8.05. The number of thioether (sulfide) groups is 1. The van der Waals surface area contributed by atoms with Crippen molar-refractivity contribution in [3.63, 3.8) is 0 Å². The van der Waals surface area contributed by atoms with Gasteiger partial charge in [0.15, 0.2) is 10.7 Å². The third-order valence-electron chi connectivity index (χ3n) is 4.18. The van der Waals surface area contributed by atoms with E-state index in [1.807, 2.05) is 0 Å². The summed E-state index contributed by atoms with van der Waals surface area (Å²) in [6, 6.07) is 3.95. The maximum Gasteiger partial charge on any atom is 0.446 e. The quantitative estimate of drug-likeness (QED) is 0.536. The Labute approximate surface area is 175 Å². The Kier molecular flexibility index (Phi) is 5.32. The molecule has 1 atom stereocenters. The van der Waals surface area contributed by atoms with Crippen LogP contribution in [0.3, 0.4) is 0 Å². The maximum absolute atomic E-state index is 13.6. The van der Waals surface area contributed by atoms with E-state index < -0.39 is 21.8 Å². The van der Waals surface area contributed by atoms with Crippen molar-refractivity contribution in [3.05, 3.63) is 39.0 Å². The first-order chi connectivity index (χ1) is 13.7. The minimum absolute atomic E-state index is 0.0126. The molecule has 3 aromatic rings. The van der Waals surface area contributed by atoms with Gasteiger partial charge in [-0.25, -0.2) is 23.5 Å². The fraction of sp³-hybridized carbons (Fsp3) is 0.286. The fourth-order valence-electron chi connectivity index (χ4n) is 2.83. The smallest absolute Gasteiger partial charge is 0.295 e. The van der Waals surface area contributed by atoms with E-state index in [4.69, 9.17) is 14.3 Å². The predicted molar refractivity (Wildman–Crippen MR) is 102 cm³/mol. The minimum atomic E-state index is -3.77. The first kappa shape index (κ1) is 20.2. The second kappa shape index (κ2) is 7.64. The summed E-state index contributed by atoms with van der Waals surface area (Å²) in [5.74, 6) is -1.29. The zero-order valence-electron chi connectivity index (χ0n) is 14.4. The molecule has 0 radical (unpaired) electrons. The molecular weight excluding hydrogens is 495 g/mol. The average Bonchev–Trinajstić information content (AvgIpc) is 3.37. The highest BCUT2D eigenvalue weighted by atomic mass is 79.9. The Morgan fingerprint density at radius 3 is 2.79 bits per heavy atom. The van der Waals surface area contributed by atoms with Gasteiger partial charge in [-0.2, -0.15) is 12.7 Å². The van der Waals surface area contributed by atoms with Crippen LogP contribution in [-0.4, -0.2) is 51.1 Å². The lowest BCUT2D eigenvalue weighted by atomic mass is 10.3. The van der Waals surface area contributed by atoms with Crippen LogP contribution in [0.5, 0.6) is 0 Å². The second-order valence-electron chi connectivity index (χ2n) is 6.06. The predicted octanol–water partition coefficient (Wildman–Crippen LogP) is 1.15. The molecule has 1 aliphatic rings. The summed E-state index contributed by atoms with van der Waals surface area (Å²) in [4.78, 5) is 12.2. The number of nitrogens with two attached hydrogens (primary N) is 1. The molecule has 4 rings (SSSR count). The number of nitrogens with zero attached hydrogens (tertiary/aromatic N) is 5. The van der Waals surface area contributed by atoms with Crippen molar-refractivity contribution in [1.29, 1.82) is 0 Å². The Morgan fingerprint density at radius 2 is 2.10 bits per heavy atom. The van der Waals surface area contributed by atoms with Gasteiger partial charge < -0.3 is 0 Å². The summed E-state index contributed by atoms with van der Waals surface area (Å²) in [5, 5.41) is 16.7. The molecule has 0 saturated carbocycles. The number of halogens is 2. The topological polar surface area (TPSA) is 150 Å². The fourth-order valence-corrected chi connectivity index (χ4v) is 5.15. The molecule has 3 heterocycles. The third kappa shape index (κ3) is 4.00. The standard InChI is InChI=1S/C14H12BrFN6O5S2/c15-9-5-7(1-2-10(9)16)22-12(19-26-14(22)23)11-13(20-27-18-11)28-8-3-4-21(6-8)29(17,24)25/h1-2,5,8H,3-4,6H2,(H2,17,24,25)/t8-/m0/s1. The van der Waals surface area contributed by atoms with E-state index in [1.165, 1.54) is 34.3 Å².